The first-order valence-electron chi connectivity index (χ1n) is 26.2. The van der Waals surface area contributed by atoms with Crippen LogP contribution in [0.3, 0.4) is 0 Å². The van der Waals surface area contributed by atoms with Crippen LogP contribution >= 0.6 is 0 Å². The van der Waals surface area contributed by atoms with Gasteiger partial charge in [0.05, 0.1) is 11.4 Å². The summed E-state index contributed by atoms with van der Waals surface area (Å²) in [6, 6.07) is 87.7. The van der Waals surface area contributed by atoms with Crippen LogP contribution in [0.15, 0.2) is 231 Å². The van der Waals surface area contributed by atoms with Crippen LogP contribution in [-0.4, -0.2) is 0 Å². The second-order valence-electron chi connectivity index (χ2n) is 21.4. The summed E-state index contributed by atoms with van der Waals surface area (Å²) in [5.41, 5.74) is 21.2. The number of fused-ring (bicyclic) bond motifs is 14. The van der Waals surface area contributed by atoms with E-state index in [1.165, 1.54) is 121 Å². The van der Waals surface area contributed by atoms with Crippen LogP contribution in [0, 0.1) is 27.7 Å². The molecule has 0 saturated carbocycles. The van der Waals surface area contributed by atoms with E-state index in [4.69, 9.17) is 0 Å². The molecular weight excluding hydrogens is 893 g/mol. The molecule has 2 unspecified atom stereocenters. The summed E-state index contributed by atoms with van der Waals surface area (Å²) in [7, 11) is 0. The van der Waals surface area contributed by atoms with Gasteiger partial charge in [-0.2, -0.15) is 0 Å². The van der Waals surface area contributed by atoms with Crippen LogP contribution in [0.4, 0.5) is 34.1 Å². The van der Waals surface area contributed by atoms with Crippen molar-refractivity contribution in [2.24, 2.45) is 0 Å². The monoisotopic (exact) mass is 948 g/mol. The lowest BCUT2D eigenvalue weighted by atomic mass is 9.56. The van der Waals surface area contributed by atoms with E-state index in [0.717, 1.165) is 22.7 Å². The number of nitrogens with zero attached hydrogens (tertiary/aromatic N) is 2. The van der Waals surface area contributed by atoms with Crippen molar-refractivity contribution in [3.63, 3.8) is 0 Å². The Labute approximate surface area is 434 Å². The highest BCUT2D eigenvalue weighted by molar-refractivity contribution is 6.18. The third-order valence-corrected chi connectivity index (χ3v) is 17.2. The molecule has 2 heteroatoms. The van der Waals surface area contributed by atoms with Crippen molar-refractivity contribution in [1.82, 2.24) is 0 Å². The summed E-state index contributed by atoms with van der Waals surface area (Å²) < 4.78 is 0. The Morgan fingerprint density at radius 1 is 0.257 bits per heavy atom. The Balaban J connectivity index is 1.15. The molecular formula is C72H56N2. The minimum absolute atomic E-state index is 0.618. The molecule has 0 saturated heterocycles. The zero-order valence-corrected chi connectivity index (χ0v) is 42.8. The fourth-order valence-electron chi connectivity index (χ4n) is 13.3. The smallest absolute Gasteiger partial charge is 0.0543 e. The van der Waals surface area contributed by atoms with E-state index >= 15 is 0 Å². The summed E-state index contributed by atoms with van der Waals surface area (Å²) in [5.74, 6) is 0. The van der Waals surface area contributed by atoms with Crippen LogP contribution in [0.2, 0.25) is 0 Å². The van der Waals surface area contributed by atoms with Gasteiger partial charge in [0.15, 0.2) is 0 Å². The van der Waals surface area contributed by atoms with Crippen molar-refractivity contribution in [2.75, 3.05) is 9.80 Å². The van der Waals surface area contributed by atoms with Crippen LogP contribution in [0.5, 0.6) is 0 Å². The highest BCUT2D eigenvalue weighted by atomic mass is 15.1. The number of rotatable bonds is 7. The first-order chi connectivity index (χ1) is 36.1. The number of aryl methyl sites for hydroxylation is 4. The minimum atomic E-state index is -0.618. The van der Waals surface area contributed by atoms with Gasteiger partial charge in [-0.1, -0.05) is 206 Å². The molecule has 14 rings (SSSR count). The van der Waals surface area contributed by atoms with Gasteiger partial charge >= 0.3 is 0 Å². The molecule has 0 heterocycles. The zero-order chi connectivity index (χ0) is 50.0. The molecule has 2 nitrogen and oxygen atoms in total. The van der Waals surface area contributed by atoms with E-state index in [9.17, 15) is 0 Å². The summed E-state index contributed by atoms with van der Waals surface area (Å²) in [6.45, 7) is 13.9. The molecule has 12 aromatic carbocycles. The van der Waals surface area contributed by atoms with Crippen LogP contribution in [0.25, 0.3) is 65.3 Å². The van der Waals surface area contributed by atoms with Crippen molar-refractivity contribution in [3.05, 3.63) is 275 Å². The molecule has 0 radical (unpaired) electrons. The maximum Gasteiger partial charge on any atom is 0.0543 e. The SMILES string of the molecule is Cc1ccc(N(c2ccc(C)cc2)c2cc3c(c4ccccc24)-c2c(ccc4ccccc24)C3(C)C2(C)c3ccc4ccccc4c3-c3c2cc(N(c2ccc(C)cc2)c2ccc(C)cc2)c2ccccc32)cc1. The van der Waals surface area contributed by atoms with Crippen molar-refractivity contribution < 1.29 is 0 Å². The van der Waals surface area contributed by atoms with Gasteiger partial charge < -0.3 is 9.80 Å². The molecule has 0 N–H and O–H groups in total. The molecule has 0 aromatic heterocycles. The molecule has 0 amide bonds. The predicted octanol–water partition coefficient (Wildman–Crippen LogP) is 19.7. The molecule has 2 aliphatic rings. The van der Waals surface area contributed by atoms with Crippen molar-refractivity contribution in [1.29, 1.82) is 0 Å². The molecule has 2 atom stereocenters. The Morgan fingerprint density at radius 3 is 0.851 bits per heavy atom. The van der Waals surface area contributed by atoms with E-state index in [-0.39, 0.29) is 0 Å². The lowest BCUT2D eigenvalue weighted by Gasteiger charge is -2.46. The van der Waals surface area contributed by atoms with E-state index in [0.29, 0.717) is 0 Å². The standard InChI is InChI=1S/C72H56N2/c1-45-23-33-51(34-24-45)73(52-35-25-46(2)26-36-52)65-43-63-69(59-21-13-11-19-57(59)65)67-55-17-9-7-15-49(55)31-41-61(67)71(63,5)72(6)62-42-32-50-16-8-10-18-56(50)68(62)70-60-22-14-12-20-58(60)66(44-64(70)72)74(53-37-27-47(3)28-38-53)54-39-29-48(4)30-40-54/h7-44H,1-6H3. The number of benzene rings is 12. The van der Waals surface area contributed by atoms with Crippen LogP contribution in [0.1, 0.15) is 58.4 Å². The average Bonchev–Trinajstić information content (AvgIpc) is 3.93. The predicted molar refractivity (Wildman–Crippen MR) is 315 cm³/mol. The lowest BCUT2D eigenvalue weighted by molar-refractivity contribution is 0.376. The Kier molecular flexibility index (Phi) is 9.76. The van der Waals surface area contributed by atoms with Crippen LogP contribution < -0.4 is 9.80 Å². The fraction of sp³-hybridized carbons (Fsp3) is 0.111. The highest BCUT2D eigenvalue weighted by Crippen LogP contribution is 2.69. The van der Waals surface area contributed by atoms with Crippen molar-refractivity contribution in [2.45, 2.75) is 52.4 Å². The summed E-state index contributed by atoms with van der Waals surface area (Å²) >= 11 is 0. The quantitative estimate of drug-likeness (QED) is 0.157. The number of hydrogen-bond donors (Lipinski definition) is 0. The number of hydrogen-bond acceptors (Lipinski definition) is 2. The van der Waals surface area contributed by atoms with Gasteiger partial charge in [-0.05, 0) is 165 Å². The highest BCUT2D eigenvalue weighted by Gasteiger charge is 2.59. The van der Waals surface area contributed by atoms with E-state index < -0.39 is 10.8 Å². The second-order valence-corrected chi connectivity index (χ2v) is 21.4. The van der Waals surface area contributed by atoms with Crippen LogP contribution in [-0.2, 0) is 10.8 Å². The third-order valence-electron chi connectivity index (χ3n) is 17.2. The van der Waals surface area contributed by atoms with Crippen molar-refractivity contribution in [3.8, 4) is 22.3 Å². The van der Waals surface area contributed by atoms with Gasteiger partial charge in [-0.25, -0.2) is 0 Å². The number of anilines is 6. The summed E-state index contributed by atoms with van der Waals surface area (Å²) in [4.78, 5) is 5.00. The Morgan fingerprint density at radius 2 is 0.527 bits per heavy atom. The molecule has 0 bridgehead atoms. The van der Waals surface area contributed by atoms with E-state index in [1.54, 1.807) is 0 Å². The summed E-state index contributed by atoms with van der Waals surface area (Å²) in [5, 5.41) is 10.0. The molecule has 0 spiro atoms. The molecule has 0 fully saturated rings. The Bertz CT molecular complexity index is 3870. The molecule has 12 aromatic rings. The van der Waals surface area contributed by atoms with E-state index in [1.807, 2.05) is 0 Å². The van der Waals surface area contributed by atoms with Crippen molar-refractivity contribution >= 4 is 77.2 Å². The maximum absolute atomic E-state index is 2.60. The van der Waals surface area contributed by atoms with Gasteiger partial charge in [0.2, 0.25) is 0 Å². The third kappa shape index (κ3) is 6.24. The van der Waals surface area contributed by atoms with Gasteiger partial charge in [0, 0.05) is 44.4 Å². The van der Waals surface area contributed by atoms with Gasteiger partial charge in [-0.15, -0.1) is 0 Å². The molecule has 0 aliphatic heterocycles. The summed E-state index contributed by atoms with van der Waals surface area (Å²) in [6.07, 6.45) is 0. The first kappa shape index (κ1) is 44.0. The average molecular weight is 949 g/mol. The topological polar surface area (TPSA) is 6.48 Å². The minimum Gasteiger partial charge on any atom is -0.310 e. The molecule has 354 valence electrons. The first-order valence-corrected chi connectivity index (χ1v) is 26.2. The molecule has 2 aliphatic carbocycles. The second kappa shape index (κ2) is 16.4. The normalized spacial score (nSPS) is 16.4. The zero-order valence-electron chi connectivity index (χ0n) is 42.8. The Hall–Kier alpha value is -8.72. The maximum atomic E-state index is 2.60. The van der Waals surface area contributed by atoms with Gasteiger partial charge in [0.1, 0.15) is 0 Å². The largest absolute Gasteiger partial charge is 0.310 e. The lowest BCUT2D eigenvalue weighted by Crippen LogP contribution is -2.44. The van der Waals surface area contributed by atoms with Gasteiger partial charge in [-0.3, -0.25) is 0 Å². The fourth-order valence-corrected chi connectivity index (χ4v) is 13.3. The molecule has 74 heavy (non-hydrogen) atoms. The van der Waals surface area contributed by atoms with Gasteiger partial charge in [0.25, 0.3) is 0 Å². The van der Waals surface area contributed by atoms with E-state index in [2.05, 4.69) is 282 Å².